The molecule has 1 aromatic carbocycles. The molecule has 0 atom stereocenters. The van der Waals surface area contributed by atoms with E-state index in [4.69, 9.17) is 10.5 Å². The zero-order valence-electron chi connectivity index (χ0n) is 13.9. The monoisotopic (exact) mass is 325 g/mol. The maximum Gasteiger partial charge on any atom is 0.255 e. The fourth-order valence-electron chi connectivity index (χ4n) is 2.16. The number of carbonyl (C=O) groups excluding carboxylic acids is 1. The summed E-state index contributed by atoms with van der Waals surface area (Å²) in [5.41, 5.74) is 7.05. The molecule has 0 saturated carbocycles. The minimum Gasteiger partial charge on any atom is -0.493 e. The average molecular weight is 325 g/mol. The number of anilines is 1. The van der Waals surface area contributed by atoms with Crippen LogP contribution in [-0.4, -0.2) is 17.5 Å². The van der Waals surface area contributed by atoms with E-state index in [1.807, 2.05) is 24.3 Å². The van der Waals surface area contributed by atoms with Crippen LogP contribution in [0.1, 0.15) is 35.7 Å². The molecule has 0 bridgehead atoms. The summed E-state index contributed by atoms with van der Waals surface area (Å²) < 4.78 is 5.71. The highest BCUT2D eigenvalue weighted by Gasteiger charge is 2.09. The van der Waals surface area contributed by atoms with Gasteiger partial charge in [0.2, 0.25) is 0 Å². The first-order valence-corrected chi connectivity index (χ1v) is 8.06. The van der Waals surface area contributed by atoms with Crippen molar-refractivity contribution in [3.63, 3.8) is 0 Å². The Hall–Kier alpha value is -2.82. The fourth-order valence-corrected chi connectivity index (χ4v) is 2.16. The first-order valence-electron chi connectivity index (χ1n) is 8.06. The van der Waals surface area contributed by atoms with E-state index in [9.17, 15) is 4.79 Å². The van der Waals surface area contributed by atoms with E-state index in [-0.39, 0.29) is 11.7 Å². The summed E-state index contributed by atoms with van der Waals surface area (Å²) in [6, 6.07) is 11.0. The number of rotatable bonds is 8. The first kappa shape index (κ1) is 17.5. The Balaban J connectivity index is 1.87. The highest BCUT2D eigenvalue weighted by Crippen LogP contribution is 2.14. The van der Waals surface area contributed by atoms with Crippen molar-refractivity contribution < 1.29 is 9.53 Å². The second kappa shape index (κ2) is 9.35. The fraction of sp³-hybridized carbons (Fsp3) is 0.263. The maximum atomic E-state index is 12.1. The summed E-state index contributed by atoms with van der Waals surface area (Å²) >= 11 is 0. The van der Waals surface area contributed by atoms with Crippen LogP contribution in [0.2, 0.25) is 0 Å². The van der Waals surface area contributed by atoms with Gasteiger partial charge in [0.05, 0.1) is 12.2 Å². The van der Waals surface area contributed by atoms with Crippen molar-refractivity contribution in [2.45, 2.75) is 26.3 Å². The van der Waals surface area contributed by atoms with Gasteiger partial charge in [0.25, 0.3) is 5.91 Å². The topological polar surface area (TPSA) is 77.2 Å². The van der Waals surface area contributed by atoms with Crippen molar-refractivity contribution in [2.75, 3.05) is 12.3 Å². The van der Waals surface area contributed by atoms with E-state index in [0.29, 0.717) is 18.7 Å². The van der Waals surface area contributed by atoms with E-state index >= 15 is 0 Å². The van der Waals surface area contributed by atoms with E-state index in [1.165, 1.54) is 0 Å². The largest absolute Gasteiger partial charge is 0.493 e. The normalized spacial score (nSPS) is 10.7. The lowest BCUT2D eigenvalue weighted by Crippen LogP contribution is -2.24. The highest BCUT2D eigenvalue weighted by atomic mass is 16.5. The summed E-state index contributed by atoms with van der Waals surface area (Å²) in [4.78, 5) is 16.0. The first-order chi connectivity index (χ1) is 11.7. The quantitative estimate of drug-likeness (QED) is 0.576. The van der Waals surface area contributed by atoms with Crippen molar-refractivity contribution in [1.82, 2.24) is 10.3 Å². The lowest BCUT2D eigenvalue weighted by Gasteiger charge is -2.09. The molecule has 0 aliphatic heterocycles. The number of allylic oxidation sites excluding steroid dienone is 1. The summed E-state index contributed by atoms with van der Waals surface area (Å²) in [6.07, 6.45) is 7.72. The number of nitrogens with zero attached hydrogens (tertiary/aromatic N) is 1. The SMILES string of the molecule is CC/C=C/CCOc1cccc(CNC(=O)c2cccnc2N)c1. The second-order valence-corrected chi connectivity index (χ2v) is 5.28. The molecule has 3 N–H and O–H groups in total. The molecule has 24 heavy (non-hydrogen) atoms. The maximum absolute atomic E-state index is 12.1. The van der Waals surface area contributed by atoms with Crippen molar-refractivity contribution >= 4 is 11.7 Å². The van der Waals surface area contributed by atoms with Crippen molar-refractivity contribution in [2.24, 2.45) is 0 Å². The van der Waals surface area contributed by atoms with Gasteiger partial charge >= 0.3 is 0 Å². The molecule has 1 amide bonds. The van der Waals surface area contributed by atoms with Gasteiger partial charge in [-0.15, -0.1) is 0 Å². The predicted molar refractivity (Wildman–Crippen MR) is 95.8 cm³/mol. The van der Waals surface area contributed by atoms with Gasteiger partial charge in [-0.3, -0.25) is 4.79 Å². The van der Waals surface area contributed by atoms with Gasteiger partial charge in [-0.1, -0.05) is 31.2 Å². The molecule has 0 unspecified atom stereocenters. The Morgan fingerprint density at radius 2 is 2.17 bits per heavy atom. The summed E-state index contributed by atoms with van der Waals surface area (Å²) in [7, 11) is 0. The summed E-state index contributed by atoms with van der Waals surface area (Å²) in [5.74, 6) is 0.788. The van der Waals surface area contributed by atoms with Gasteiger partial charge in [-0.25, -0.2) is 4.98 Å². The molecule has 0 aliphatic rings. The van der Waals surface area contributed by atoms with Crippen LogP contribution in [0.5, 0.6) is 5.75 Å². The standard InChI is InChI=1S/C19H23N3O2/c1-2-3-4-5-12-24-16-9-6-8-15(13-16)14-22-19(23)17-10-7-11-21-18(17)20/h3-4,6-11,13H,2,5,12,14H2,1H3,(H2,20,21)(H,22,23)/b4-3+. The van der Waals surface area contributed by atoms with Crippen molar-refractivity contribution in [3.8, 4) is 5.75 Å². The molecule has 2 rings (SSSR count). The molecule has 0 radical (unpaired) electrons. The molecule has 1 aromatic heterocycles. The molecule has 0 aliphatic carbocycles. The number of pyridine rings is 1. The molecule has 0 fully saturated rings. The average Bonchev–Trinajstić information content (AvgIpc) is 2.60. The minimum absolute atomic E-state index is 0.229. The molecule has 0 spiro atoms. The number of benzene rings is 1. The Kier molecular flexibility index (Phi) is 6.83. The number of nitrogens with one attached hydrogen (secondary N) is 1. The number of nitrogen functional groups attached to an aromatic ring is 1. The van der Waals surface area contributed by atoms with Crippen LogP contribution in [0.15, 0.2) is 54.7 Å². The Morgan fingerprint density at radius 1 is 1.29 bits per heavy atom. The highest BCUT2D eigenvalue weighted by molar-refractivity contribution is 5.98. The summed E-state index contributed by atoms with van der Waals surface area (Å²) in [6.45, 7) is 3.15. The lowest BCUT2D eigenvalue weighted by molar-refractivity contribution is 0.0951. The van der Waals surface area contributed by atoms with E-state index in [0.717, 1.165) is 24.2 Å². The number of hydrogen-bond acceptors (Lipinski definition) is 4. The molecule has 2 aromatic rings. The van der Waals surface area contributed by atoms with Crippen LogP contribution in [-0.2, 0) is 6.54 Å². The molecular weight excluding hydrogens is 302 g/mol. The number of amides is 1. The Labute approximate surface area is 142 Å². The molecule has 1 heterocycles. The number of nitrogens with two attached hydrogens (primary N) is 1. The zero-order valence-corrected chi connectivity index (χ0v) is 13.9. The van der Waals surface area contributed by atoms with E-state index < -0.39 is 0 Å². The second-order valence-electron chi connectivity index (χ2n) is 5.28. The van der Waals surface area contributed by atoms with Crippen LogP contribution in [0.3, 0.4) is 0 Å². The van der Waals surface area contributed by atoms with Crippen LogP contribution in [0.4, 0.5) is 5.82 Å². The number of aromatic nitrogens is 1. The number of carbonyl (C=O) groups is 1. The van der Waals surface area contributed by atoms with Gasteiger partial charge in [0, 0.05) is 12.7 Å². The van der Waals surface area contributed by atoms with E-state index in [1.54, 1.807) is 18.3 Å². The zero-order chi connectivity index (χ0) is 17.2. The predicted octanol–water partition coefficient (Wildman–Crippen LogP) is 3.33. The van der Waals surface area contributed by atoms with Gasteiger partial charge < -0.3 is 15.8 Å². The van der Waals surface area contributed by atoms with Gasteiger partial charge in [0.1, 0.15) is 11.6 Å². The van der Waals surface area contributed by atoms with Gasteiger partial charge in [-0.05, 0) is 42.7 Å². The molecule has 5 nitrogen and oxygen atoms in total. The smallest absolute Gasteiger partial charge is 0.255 e. The summed E-state index contributed by atoms with van der Waals surface area (Å²) in [5, 5.41) is 2.84. The lowest BCUT2D eigenvalue weighted by atomic mass is 10.2. The van der Waals surface area contributed by atoms with Gasteiger partial charge in [-0.2, -0.15) is 0 Å². The third-order valence-corrected chi connectivity index (χ3v) is 3.39. The molecule has 126 valence electrons. The van der Waals surface area contributed by atoms with E-state index in [2.05, 4.69) is 29.4 Å². The Morgan fingerprint density at radius 3 is 2.96 bits per heavy atom. The van der Waals surface area contributed by atoms with Crippen LogP contribution < -0.4 is 15.8 Å². The van der Waals surface area contributed by atoms with Crippen LogP contribution in [0, 0.1) is 0 Å². The van der Waals surface area contributed by atoms with Crippen molar-refractivity contribution in [3.05, 3.63) is 65.9 Å². The van der Waals surface area contributed by atoms with Gasteiger partial charge in [0.15, 0.2) is 0 Å². The molecule has 0 saturated heterocycles. The van der Waals surface area contributed by atoms with Crippen molar-refractivity contribution in [1.29, 1.82) is 0 Å². The number of ether oxygens (including phenoxy) is 1. The third kappa shape index (κ3) is 5.43. The molecular formula is C19H23N3O2. The minimum atomic E-state index is -0.239. The van der Waals surface area contributed by atoms with Crippen LogP contribution in [0.25, 0.3) is 0 Å². The molecule has 5 heteroatoms. The Bertz CT molecular complexity index is 699. The number of hydrogen-bond donors (Lipinski definition) is 2. The van der Waals surface area contributed by atoms with Crippen LogP contribution >= 0.6 is 0 Å². The third-order valence-electron chi connectivity index (χ3n) is 3.39.